The molecule has 5 heteroatoms. The zero-order valence-electron chi connectivity index (χ0n) is 13.5. The maximum absolute atomic E-state index is 13.9. The Kier molecular flexibility index (Phi) is 5.54. The lowest BCUT2D eigenvalue weighted by Crippen LogP contribution is -2.42. The van der Waals surface area contributed by atoms with E-state index in [1.807, 2.05) is 18.3 Å². The lowest BCUT2D eigenvalue weighted by atomic mass is 10.1. The Morgan fingerprint density at radius 3 is 2.96 bits per heavy atom. The molecular weight excluding hydrogens is 307 g/mol. The van der Waals surface area contributed by atoms with Gasteiger partial charge in [-0.3, -0.25) is 9.78 Å². The van der Waals surface area contributed by atoms with Gasteiger partial charge in [0.25, 0.3) is 0 Å². The number of carbonyl (C=O) groups is 1. The van der Waals surface area contributed by atoms with Crippen molar-refractivity contribution in [3.63, 3.8) is 0 Å². The normalized spacial score (nSPS) is 17.7. The summed E-state index contributed by atoms with van der Waals surface area (Å²) in [5.74, 6) is -0.183. The van der Waals surface area contributed by atoms with Crippen molar-refractivity contribution in [2.45, 2.75) is 25.4 Å². The van der Waals surface area contributed by atoms with E-state index in [-0.39, 0.29) is 17.8 Å². The van der Waals surface area contributed by atoms with Crippen molar-refractivity contribution >= 4 is 5.91 Å². The number of carbonyl (C=O) groups excluding carboxylic acids is 1. The summed E-state index contributed by atoms with van der Waals surface area (Å²) in [6.07, 6.45) is 5.28. The van der Waals surface area contributed by atoms with Crippen molar-refractivity contribution in [3.8, 4) is 0 Å². The summed E-state index contributed by atoms with van der Waals surface area (Å²) in [7, 11) is 0. The fourth-order valence-corrected chi connectivity index (χ4v) is 2.95. The molecule has 1 saturated heterocycles. The first-order chi connectivity index (χ1) is 11.7. The van der Waals surface area contributed by atoms with Crippen LogP contribution in [0, 0.1) is 5.82 Å². The van der Waals surface area contributed by atoms with Crippen molar-refractivity contribution < 1.29 is 13.9 Å². The minimum absolute atomic E-state index is 0.100. The predicted molar refractivity (Wildman–Crippen MR) is 88.8 cm³/mol. The summed E-state index contributed by atoms with van der Waals surface area (Å²) < 4.78 is 19.6. The maximum atomic E-state index is 13.9. The van der Waals surface area contributed by atoms with Gasteiger partial charge in [0, 0.05) is 30.9 Å². The van der Waals surface area contributed by atoms with Gasteiger partial charge in [0.1, 0.15) is 11.9 Å². The van der Waals surface area contributed by atoms with E-state index >= 15 is 0 Å². The number of pyridine rings is 1. The molecule has 3 rings (SSSR count). The van der Waals surface area contributed by atoms with Gasteiger partial charge in [-0.1, -0.05) is 24.3 Å². The number of rotatable bonds is 5. The number of amides is 1. The van der Waals surface area contributed by atoms with E-state index in [1.165, 1.54) is 6.07 Å². The van der Waals surface area contributed by atoms with E-state index in [4.69, 9.17) is 4.74 Å². The SMILES string of the molecule is O=C(CCCc1cccnc1)N1CCOC(c2ccccc2F)C1. The molecule has 0 radical (unpaired) electrons. The van der Waals surface area contributed by atoms with Crippen LogP contribution >= 0.6 is 0 Å². The third-order valence-electron chi connectivity index (χ3n) is 4.25. The number of benzene rings is 1. The summed E-state index contributed by atoms with van der Waals surface area (Å²) in [5.41, 5.74) is 1.65. The molecule has 0 spiro atoms. The lowest BCUT2D eigenvalue weighted by molar-refractivity contribution is -0.139. The molecule has 1 aliphatic rings. The van der Waals surface area contributed by atoms with Crippen molar-refractivity contribution in [2.24, 2.45) is 0 Å². The van der Waals surface area contributed by atoms with E-state index in [0.717, 1.165) is 18.4 Å². The molecular formula is C19H21FN2O2. The molecule has 1 atom stereocenters. The second-order valence-electron chi connectivity index (χ2n) is 5.94. The highest BCUT2D eigenvalue weighted by molar-refractivity contribution is 5.76. The van der Waals surface area contributed by atoms with Gasteiger partial charge in [-0.25, -0.2) is 4.39 Å². The Bertz CT molecular complexity index is 678. The van der Waals surface area contributed by atoms with Crippen LogP contribution in [0.4, 0.5) is 4.39 Å². The quantitative estimate of drug-likeness (QED) is 0.847. The number of hydrogen-bond donors (Lipinski definition) is 0. The first kappa shape index (κ1) is 16.6. The number of ether oxygens (including phenoxy) is 1. The summed E-state index contributed by atoms with van der Waals surface area (Å²) in [6, 6.07) is 10.5. The Labute approximate surface area is 141 Å². The molecule has 1 unspecified atom stereocenters. The van der Waals surface area contributed by atoms with Crippen molar-refractivity contribution in [2.75, 3.05) is 19.7 Å². The molecule has 24 heavy (non-hydrogen) atoms. The predicted octanol–water partition coefficient (Wildman–Crippen LogP) is 3.14. The first-order valence-corrected chi connectivity index (χ1v) is 8.27. The molecule has 1 amide bonds. The van der Waals surface area contributed by atoms with Gasteiger partial charge >= 0.3 is 0 Å². The second-order valence-corrected chi connectivity index (χ2v) is 5.94. The number of morpholine rings is 1. The van der Waals surface area contributed by atoms with E-state index in [1.54, 1.807) is 29.3 Å². The largest absolute Gasteiger partial charge is 0.370 e. The third kappa shape index (κ3) is 4.17. The Morgan fingerprint density at radius 1 is 1.29 bits per heavy atom. The van der Waals surface area contributed by atoms with Gasteiger partial charge in [-0.2, -0.15) is 0 Å². The molecule has 1 aromatic carbocycles. The minimum Gasteiger partial charge on any atom is -0.370 e. The molecule has 1 aromatic heterocycles. The highest BCUT2D eigenvalue weighted by atomic mass is 19.1. The van der Waals surface area contributed by atoms with Gasteiger partial charge in [0.2, 0.25) is 5.91 Å². The average molecular weight is 328 g/mol. The van der Waals surface area contributed by atoms with Gasteiger partial charge < -0.3 is 9.64 Å². The molecule has 2 aromatic rings. The first-order valence-electron chi connectivity index (χ1n) is 8.27. The summed E-state index contributed by atoms with van der Waals surface area (Å²) in [5, 5.41) is 0. The fraction of sp³-hybridized carbons (Fsp3) is 0.368. The zero-order chi connectivity index (χ0) is 16.8. The summed E-state index contributed by atoms with van der Waals surface area (Å²) in [4.78, 5) is 18.3. The minimum atomic E-state index is -0.387. The highest BCUT2D eigenvalue weighted by Gasteiger charge is 2.26. The molecule has 4 nitrogen and oxygen atoms in total. The summed E-state index contributed by atoms with van der Waals surface area (Å²) >= 11 is 0. The Balaban J connectivity index is 1.52. The van der Waals surface area contributed by atoms with E-state index in [2.05, 4.69) is 4.98 Å². The third-order valence-corrected chi connectivity index (χ3v) is 4.25. The van der Waals surface area contributed by atoms with Crippen molar-refractivity contribution in [1.82, 2.24) is 9.88 Å². The second kappa shape index (κ2) is 8.02. The monoisotopic (exact) mass is 328 g/mol. The summed E-state index contributed by atoms with van der Waals surface area (Å²) in [6.45, 7) is 1.41. The van der Waals surface area contributed by atoms with Crippen LogP contribution < -0.4 is 0 Å². The fourth-order valence-electron chi connectivity index (χ4n) is 2.95. The standard InChI is InChI=1S/C19H21FN2O2/c20-17-8-2-1-7-16(17)18-14-22(11-12-24-18)19(23)9-3-5-15-6-4-10-21-13-15/h1-2,4,6-8,10,13,18H,3,5,9,11-12,14H2. The van der Waals surface area contributed by atoms with Crippen LogP contribution in [0.15, 0.2) is 48.8 Å². The van der Waals surface area contributed by atoms with E-state index < -0.39 is 0 Å². The topological polar surface area (TPSA) is 42.4 Å². The van der Waals surface area contributed by atoms with Crippen LogP contribution in [-0.2, 0) is 16.0 Å². The number of hydrogen-bond acceptors (Lipinski definition) is 3. The molecule has 1 aliphatic heterocycles. The van der Waals surface area contributed by atoms with Crippen molar-refractivity contribution in [3.05, 3.63) is 65.7 Å². The van der Waals surface area contributed by atoms with Crippen LogP contribution in [0.25, 0.3) is 0 Å². The maximum Gasteiger partial charge on any atom is 0.222 e. The molecule has 1 fully saturated rings. The number of nitrogens with zero attached hydrogens (tertiary/aromatic N) is 2. The van der Waals surface area contributed by atoms with Crippen LogP contribution in [0.1, 0.15) is 30.1 Å². The van der Waals surface area contributed by atoms with Crippen molar-refractivity contribution in [1.29, 1.82) is 0 Å². The number of aryl methyl sites for hydroxylation is 1. The molecule has 0 aliphatic carbocycles. The van der Waals surface area contributed by atoms with Gasteiger partial charge in [0.15, 0.2) is 0 Å². The molecule has 0 saturated carbocycles. The van der Waals surface area contributed by atoms with Crippen LogP contribution in [0.2, 0.25) is 0 Å². The van der Waals surface area contributed by atoms with E-state index in [9.17, 15) is 9.18 Å². The Hall–Kier alpha value is -2.27. The number of aromatic nitrogens is 1. The smallest absolute Gasteiger partial charge is 0.222 e. The molecule has 0 bridgehead atoms. The zero-order valence-corrected chi connectivity index (χ0v) is 13.5. The van der Waals surface area contributed by atoms with Crippen LogP contribution in [-0.4, -0.2) is 35.5 Å². The van der Waals surface area contributed by atoms with Gasteiger partial charge in [-0.15, -0.1) is 0 Å². The lowest BCUT2D eigenvalue weighted by Gasteiger charge is -2.33. The average Bonchev–Trinajstić information content (AvgIpc) is 2.63. The van der Waals surface area contributed by atoms with Gasteiger partial charge in [-0.05, 0) is 30.5 Å². The molecule has 0 N–H and O–H groups in total. The van der Waals surface area contributed by atoms with Crippen LogP contribution in [0.5, 0.6) is 0 Å². The van der Waals surface area contributed by atoms with Gasteiger partial charge in [0.05, 0.1) is 13.2 Å². The molecule has 2 heterocycles. The highest BCUT2D eigenvalue weighted by Crippen LogP contribution is 2.25. The Morgan fingerprint density at radius 2 is 2.17 bits per heavy atom. The van der Waals surface area contributed by atoms with E-state index in [0.29, 0.717) is 31.7 Å². The molecule has 126 valence electrons. The van der Waals surface area contributed by atoms with Crippen LogP contribution in [0.3, 0.4) is 0 Å². The number of halogens is 1.